The zero-order valence-corrected chi connectivity index (χ0v) is 31.0. The Kier molecular flexibility index (Phi) is 9.77. The van der Waals surface area contributed by atoms with E-state index >= 15 is 0 Å². The van der Waals surface area contributed by atoms with E-state index in [1.165, 1.54) is 0 Å². The molecule has 1 amide bonds. The van der Waals surface area contributed by atoms with Crippen LogP contribution in [0, 0.1) is 0 Å². The van der Waals surface area contributed by atoms with Gasteiger partial charge in [0.1, 0.15) is 28.8 Å². The lowest BCUT2D eigenvalue weighted by atomic mass is 10.0. The number of imidazole rings is 1. The summed E-state index contributed by atoms with van der Waals surface area (Å²) in [5, 5.41) is 0.856. The van der Waals surface area contributed by atoms with Crippen LogP contribution in [0.1, 0.15) is 59.4 Å². The fraction of sp³-hybridized carbons (Fsp3) is 0.447. The molecule has 0 unspecified atom stereocenters. The lowest BCUT2D eigenvalue weighted by Gasteiger charge is -2.34. The molecular weight excluding hydrogens is 716 g/mol. The zero-order valence-electron chi connectivity index (χ0n) is 29.4. The summed E-state index contributed by atoms with van der Waals surface area (Å²) in [4.78, 5) is 45.0. The molecule has 0 bridgehead atoms. The third-order valence-electron chi connectivity index (χ3n) is 9.37. The third-order valence-corrected chi connectivity index (χ3v) is 9.72. The van der Waals surface area contributed by atoms with Gasteiger partial charge in [0.25, 0.3) is 6.01 Å². The number of rotatable bonds is 10. The number of anilines is 1. The molecule has 3 atom stereocenters. The second-order valence-electron chi connectivity index (χ2n) is 14.3. The largest absolute Gasteiger partial charge is 0.459 e. The highest BCUT2D eigenvalue weighted by Gasteiger charge is 2.43. The summed E-state index contributed by atoms with van der Waals surface area (Å²) in [5.41, 5.74) is 2.92. The van der Waals surface area contributed by atoms with Crippen molar-refractivity contribution in [3.8, 4) is 6.01 Å². The summed E-state index contributed by atoms with van der Waals surface area (Å²) in [6.07, 6.45) is 3.28. The Hall–Kier alpha value is -4.49. The van der Waals surface area contributed by atoms with E-state index in [2.05, 4.69) is 32.1 Å². The van der Waals surface area contributed by atoms with Gasteiger partial charge < -0.3 is 28.4 Å². The molecule has 12 nitrogen and oxygen atoms in total. The predicted octanol–water partition coefficient (Wildman–Crippen LogP) is 7.00. The van der Waals surface area contributed by atoms with Gasteiger partial charge in [-0.25, -0.2) is 14.8 Å². The molecule has 2 saturated heterocycles. The monoisotopic (exact) mass is 758 g/mol. The normalized spacial score (nSPS) is 19.2. The van der Waals surface area contributed by atoms with E-state index in [1.54, 1.807) is 6.08 Å². The maximum atomic E-state index is 13.8. The highest BCUT2D eigenvalue weighted by Crippen LogP contribution is 2.39. The zero-order chi connectivity index (χ0) is 35.9. The van der Waals surface area contributed by atoms with E-state index in [1.807, 2.05) is 86.0 Å². The van der Waals surface area contributed by atoms with Gasteiger partial charge in [0, 0.05) is 30.9 Å². The van der Waals surface area contributed by atoms with Crippen LogP contribution in [0.25, 0.3) is 33.1 Å². The number of aromatic nitrogens is 4. The first-order chi connectivity index (χ1) is 24.5. The molecule has 7 rings (SSSR count). The van der Waals surface area contributed by atoms with Crippen molar-refractivity contribution in [2.24, 2.45) is 0 Å². The highest BCUT2D eigenvalue weighted by molar-refractivity contribution is 9.10. The van der Waals surface area contributed by atoms with Crippen LogP contribution in [0.5, 0.6) is 6.01 Å². The van der Waals surface area contributed by atoms with Gasteiger partial charge in [0.05, 0.1) is 36.7 Å². The van der Waals surface area contributed by atoms with Gasteiger partial charge in [-0.3, -0.25) is 9.36 Å². The van der Waals surface area contributed by atoms with Crippen molar-refractivity contribution in [3.05, 3.63) is 65.9 Å². The van der Waals surface area contributed by atoms with E-state index in [4.69, 9.17) is 28.6 Å². The number of ether oxygens (including phenoxy) is 3. The number of carbonyl (C=O) groups is 2. The predicted molar refractivity (Wildman–Crippen MR) is 198 cm³/mol. The average molecular weight is 760 g/mol. The summed E-state index contributed by atoms with van der Waals surface area (Å²) < 4.78 is 27.2. The van der Waals surface area contributed by atoms with Crippen molar-refractivity contribution in [1.82, 2.24) is 24.4 Å². The second kappa shape index (κ2) is 14.3. The van der Waals surface area contributed by atoms with Gasteiger partial charge in [-0.2, -0.15) is 4.98 Å². The standard InChI is InChI=1S/C38H43BrN6O6/c1-6-19-48-23(2)20-31(46)43-17-15-24(16-18-43)45-28-13-9-8-12-27(28)40-37(45)49-25-21-29(35(47)51-38(3,4)5)44(22-25)34-33-32(41-36(39)42-34)26-11-7-10-14-30(26)50-33/h6-14,23-25,29H,1,15-22H2,2-5H3/t23-,25+,29+/m1/s1. The number of esters is 1. The summed E-state index contributed by atoms with van der Waals surface area (Å²) in [5.74, 6) is 0.202. The first-order valence-electron chi connectivity index (χ1n) is 17.5. The molecule has 0 spiro atoms. The number of likely N-dealkylation sites (tertiary alicyclic amines) is 1. The molecule has 0 N–H and O–H groups in total. The maximum Gasteiger partial charge on any atom is 0.329 e. The van der Waals surface area contributed by atoms with Gasteiger partial charge >= 0.3 is 5.97 Å². The van der Waals surface area contributed by atoms with Crippen LogP contribution < -0.4 is 9.64 Å². The molecule has 2 aliphatic rings. The molecule has 0 saturated carbocycles. The minimum absolute atomic E-state index is 0.0676. The van der Waals surface area contributed by atoms with Crippen LogP contribution >= 0.6 is 15.9 Å². The average Bonchev–Trinajstić information content (AvgIpc) is 3.80. The molecule has 2 aromatic carbocycles. The summed E-state index contributed by atoms with van der Waals surface area (Å²) in [6.45, 7) is 13.2. The van der Waals surface area contributed by atoms with E-state index in [0.717, 1.165) is 29.3 Å². The minimum atomic E-state index is -0.697. The quantitative estimate of drug-likeness (QED) is 0.0835. The number of fused-ring (bicyclic) bond motifs is 4. The van der Waals surface area contributed by atoms with Crippen molar-refractivity contribution in [2.45, 2.75) is 83.3 Å². The summed E-state index contributed by atoms with van der Waals surface area (Å²) >= 11 is 3.50. The molecule has 3 aromatic heterocycles. The number of carbonyl (C=O) groups excluding carboxylic acids is 2. The summed E-state index contributed by atoms with van der Waals surface area (Å²) in [7, 11) is 0. The van der Waals surface area contributed by atoms with Crippen molar-refractivity contribution in [3.63, 3.8) is 0 Å². The topological polar surface area (TPSA) is 125 Å². The van der Waals surface area contributed by atoms with Crippen LogP contribution in [0.3, 0.4) is 0 Å². The molecule has 51 heavy (non-hydrogen) atoms. The van der Waals surface area contributed by atoms with Gasteiger partial charge in [-0.05, 0) is 80.7 Å². The first-order valence-corrected chi connectivity index (χ1v) is 18.3. The van der Waals surface area contributed by atoms with Crippen molar-refractivity contribution in [2.75, 3.05) is 31.1 Å². The summed E-state index contributed by atoms with van der Waals surface area (Å²) in [6, 6.07) is 15.5. The Morgan fingerprint density at radius 3 is 2.59 bits per heavy atom. The molecule has 0 radical (unpaired) electrons. The van der Waals surface area contributed by atoms with Gasteiger partial charge in [-0.15, -0.1) is 6.58 Å². The van der Waals surface area contributed by atoms with Crippen molar-refractivity contribution in [1.29, 1.82) is 0 Å². The van der Waals surface area contributed by atoms with Gasteiger partial charge in [0.2, 0.25) is 5.91 Å². The Bertz CT molecular complexity index is 2080. The fourth-order valence-corrected chi connectivity index (χ4v) is 7.45. The maximum absolute atomic E-state index is 13.8. The van der Waals surface area contributed by atoms with Crippen molar-refractivity contribution >= 4 is 66.7 Å². The van der Waals surface area contributed by atoms with E-state index in [-0.39, 0.29) is 24.0 Å². The van der Waals surface area contributed by atoms with Gasteiger partial charge in [-0.1, -0.05) is 30.3 Å². The molecule has 0 aliphatic carbocycles. The van der Waals surface area contributed by atoms with Gasteiger partial charge in [0.15, 0.2) is 16.1 Å². The van der Waals surface area contributed by atoms with E-state index in [0.29, 0.717) is 72.3 Å². The lowest BCUT2D eigenvalue weighted by molar-refractivity contribution is -0.156. The molecule has 268 valence electrons. The number of furan rings is 1. The first kappa shape index (κ1) is 34.9. The molecule has 2 fully saturated rings. The Balaban J connectivity index is 1.17. The number of halogens is 1. The van der Waals surface area contributed by atoms with E-state index in [9.17, 15) is 9.59 Å². The third kappa shape index (κ3) is 7.32. The molecule has 5 aromatic rings. The van der Waals surface area contributed by atoms with Crippen LogP contribution in [-0.2, 0) is 19.1 Å². The van der Waals surface area contributed by atoms with Crippen molar-refractivity contribution < 1.29 is 28.2 Å². The number of piperidine rings is 1. The number of benzene rings is 2. The Labute approximate surface area is 304 Å². The second-order valence-corrected chi connectivity index (χ2v) is 15.0. The molecular formula is C38H43BrN6O6. The lowest BCUT2D eigenvalue weighted by Crippen LogP contribution is -2.41. The fourth-order valence-electron chi connectivity index (χ4n) is 7.10. The number of hydrogen-bond acceptors (Lipinski definition) is 10. The molecule has 5 heterocycles. The molecule has 13 heteroatoms. The Morgan fingerprint density at radius 1 is 1.08 bits per heavy atom. The van der Waals surface area contributed by atoms with Crippen LogP contribution in [-0.4, -0.2) is 86.4 Å². The highest BCUT2D eigenvalue weighted by atomic mass is 79.9. The van der Waals surface area contributed by atoms with Crippen LogP contribution in [0.4, 0.5) is 5.82 Å². The minimum Gasteiger partial charge on any atom is -0.459 e. The SMILES string of the molecule is C=CCO[C@H](C)CC(=O)N1CCC(n2c(O[C@H]3C[C@@H](C(=O)OC(C)(C)C)N(c4nc(Br)nc5c4oc4ccccc45)C3)nc3ccccc32)CC1. The molecule has 2 aliphatic heterocycles. The van der Waals surface area contributed by atoms with E-state index < -0.39 is 17.7 Å². The number of para-hydroxylation sites is 3. The van der Waals surface area contributed by atoms with Crippen LogP contribution in [0.15, 0.2) is 70.3 Å². The number of amides is 1. The Morgan fingerprint density at radius 2 is 1.82 bits per heavy atom. The van der Waals surface area contributed by atoms with Crippen LogP contribution in [0.2, 0.25) is 0 Å². The smallest absolute Gasteiger partial charge is 0.329 e. The number of hydrogen-bond donors (Lipinski definition) is 0. The number of nitrogens with zero attached hydrogens (tertiary/aromatic N) is 6.